The number of nitrogens with zero attached hydrogens (tertiary/aromatic N) is 1. The van der Waals surface area contributed by atoms with Crippen LogP contribution in [-0.4, -0.2) is 31.4 Å². The van der Waals surface area contributed by atoms with E-state index in [-0.39, 0.29) is 5.92 Å². The van der Waals surface area contributed by atoms with E-state index in [2.05, 4.69) is 51.4 Å². The summed E-state index contributed by atoms with van der Waals surface area (Å²) in [5, 5.41) is 0. The molecule has 0 amide bonds. The number of hydrogen-bond acceptors (Lipinski definition) is 1. The number of benzene rings is 1. The molecule has 2 heteroatoms. The van der Waals surface area contributed by atoms with E-state index in [1.54, 1.807) is 0 Å². The van der Waals surface area contributed by atoms with E-state index in [4.69, 9.17) is 0 Å². The minimum absolute atomic E-state index is 0.204. The Morgan fingerprint density at radius 3 is 2.00 bits per heavy atom. The van der Waals surface area contributed by atoms with Gasteiger partial charge in [-0.05, 0) is 6.92 Å². The lowest BCUT2D eigenvalue weighted by molar-refractivity contribution is -0.901. The third-order valence-corrected chi connectivity index (χ3v) is 2.58. The van der Waals surface area contributed by atoms with Crippen molar-refractivity contribution in [2.45, 2.75) is 27.3 Å². The molecule has 0 aromatic heterocycles. The molecular formula is C15H26NO+. The first-order chi connectivity index (χ1) is 7.91. The predicted octanol–water partition coefficient (Wildman–Crippen LogP) is 3.12. The molecule has 0 bridgehead atoms. The Morgan fingerprint density at radius 1 is 1.18 bits per heavy atom. The Morgan fingerprint density at radius 2 is 1.65 bits per heavy atom. The van der Waals surface area contributed by atoms with Gasteiger partial charge < -0.3 is 9.28 Å². The van der Waals surface area contributed by atoms with Gasteiger partial charge in [0.05, 0.1) is 20.6 Å². The molecule has 96 valence electrons. The quantitative estimate of drug-likeness (QED) is 0.580. The maximum Gasteiger partial charge on any atom is 0.122 e. The molecule has 0 fully saturated rings. The van der Waals surface area contributed by atoms with Crippen LogP contribution in [-0.2, 0) is 11.3 Å². The van der Waals surface area contributed by atoms with Gasteiger partial charge in [-0.3, -0.25) is 0 Å². The van der Waals surface area contributed by atoms with Crippen molar-refractivity contribution in [2.75, 3.05) is 20.6 Å². The molecule has 1 rings (SSSR count). The summed E-state index contributed by atoms with van der Waals surface area (Å²) in [5.41, 5.74) is 1.42. The van der Waals surface area contributed by atoms with Gasteiger partial charge in [0.25, 0.3) is 0 Å². The fraction of sp³-hybridized carbons (Fsp3) is 0.533. The summed E-state index contributed by atoms with van der Waals surface area (Å²) < 4.78 is 1.06. The predicted molar refractivity (Wildman–Crippen MR) is 73.7 cm³/mol. The minimum atomic E-state index is 0.204. The van der Waals surface area contributed by atoms with E-state index >= 15 is 0 Å². The lowest BCUT2D eigenvalue weighted by Gasteiger charge is -2.28. The summed E-state index contributed by atoms with van der Waals surface area (Å²) in [4.78, 5) is 9.50. The van der Waals surface area contributed by atoms with Gasteiger partial charge in [0, 0.05) is 11.5 Å². The minimum Gasteiger partial charge on any atom is -0.325 e. The second-order valence-corrected chi connectivity index (χ2v) is 5.28. The standard InChI is InChI=1S/C11H18N.C4H8O/c1-4-12(2,3)10-11-8-6-5-7-9-11;1-4(2)3-5/h5-9H,4,10H2,1-3H3;3-4H,1-2H3/q+1;. The lowest BCUT2D eigenvalue weighted by Crippen LogP contribution is -2.38. The summed E-state index contributed by atoms with van der Waals surface area (Å²) in [5.74, 6) is 0.204. The first-order valence-electron chi connectivity index (χ1n) is 6.22. The molecule has 0 heterocycles. The van der Waals surface area contributed by atoms with Gasteiger partial charge in [0.1, 0.15) is 12.8 Å². The monoisotopic (exact) mass is 236 g/mol. The number of carbonyl (C=O) groups is 1. The Kier molecular flexibility index (Phi) is 7.47. The van der Waals surface area contributed by atoms with Crippen molar-refractivity contribution in [1.82, 2.24) is 0 Å². The normalized spacial score (nSPS) is 10.7. The average Bonchev–Trinajstić information content (AvgIpc) is 2.30. The molecule has 1 aromatic carbocycles. The van der Waals surface area contributed by atoms with Crippen LogP contribution in [0, 0.1) is 5.92 Å². The van der Waals surface area contributed by atoms with E-state index < -0.39 is 0 Å². The van der Waals surface area contributed by atoms with Gasteiger partial charge in [0.15, 0.2) is 0 Å². The molecule has 17 heavy (non-hydrogen) atoms. The molecular weight excluding hydrogens is 210 g/mol. The van der Waals surface area contributed by atoms with Crippen molar-refractivity contribution < 1.29 is 9.28 Å². The Bertz CT molecular complexity index is 304. The van der Waals surface area contributed by atoms with E-state index in [9.17, 15) is 4.79 Å². The molecule has 0 atom stereocenters. The molecule has 0 saturated heterocycles. The van der Waals surface area contributed by atoms with Crippen molar-refractivity contribution in [3.05, 3.63) is 35.9 Å². The zero-order chi connectivity index (χ0) is 13.3. The highest BCUT2D eigenvalue weighted by Crippen LogP contribution is 2.07. The van der Waals surface area contributed by atoms with E-state index in [1.165, 1.54) is 12.1 Å². The summed E-state index contributed by atoms with van der Waals surface area (Å²) >= 11 is 0. The first-order valence-corrected chi connectivity index (χ1v) is 6.22. The van der Waals surface area contributed by atoms with Crippen LogP contribution in [0.3, 0.4) is 0 Å². The second-order valence-electron chi connectivity index (χ2n) is 5.28. The van der Waals surface area contributed by atoms with Gasteiger partial charge in [-0.15, -0.1) is 0 Å². The van der Waals surface area contributed by atoms with Crippen LogP contribution in [0.25, 0.3) is 0 Å². The Balaban J connectivity index is 0.000000437. The van der Waals surface area contributed by atoms with Crippen LogP contribution < -0.4 is 0 Å². The number of carbonyl (C=O) groups excluding carboxylic acids is 1. The summed E-state index contributed by atoms with van der Waals surface area (Å²) in [6.45, 7) is 8.23. The molecule has 0 aliphatic heterocycles. The van der Waals surface area contributed by atoms with Crippen LogP contribution in [0.5, 0.6) is 0 Å². The van der Waals surface area contributed by atoms with Gasteiger partial charge in [0.2, 0.25) is 0 Å². The van der Waals surface area contributed by atoms with Crippen molar-refractivity contribution in [3.63, 3.8) is 0 Å². The molecule has 0 N–H and O–H groups in total. The highest BCUT2D eigenvalue weighted by atomic mass is 16.1. The maximum absolute atomic E-state index is 9.50. The van der Waals surface area contributed by atoms with Gasteiger partial charge in [-0.1, -0.05) is 44.2 Å². The van der Waals surface area contributed by atoms with Crippen molar-refractivity contribution in [3.8, 4) is 0 Å². The highest BCUT2D eigenvalue weighted by molar-refractivity contribution is 5.51. The molecule has 0 radical (unpaired) electrons. The zero-order valence-corrected chi connectivity index (χ0v) is 11.8. The van der Waals surface area contributed by atoms with Crippen LogP contribution >= 0.6 is 0 Å². The molecule has 0 unspecified atom stereocenters. The third kappa shape index (κ3) is 8.64. The Hall–Kier alpha value is -1.15. The summed E-state index contributed by atoms with van der Waals surface area (Å²) in [6, 6.07) is 10.6. The molecule has 2 nitrogen and oxygen atoms in total. The van der Waals surface area contributed by atoms with Gasteiger partial charge in [-0.2, -0.15) is 0 Å². The van der Waals surface area contributed by atoms with Crippen LogP contribution in [0.4, 0.5) is 0 Å². The highest BCUT2D eigenvalue weighted by Gasteiger charge is 2.11. The van der Waals surface area contributed by atoms with E-state index in [0.29, 0.717) is 0 Å². The largest absolute Gasteiger partial charge is 0.325 e. The number of hydrogen-bond donors (Lipinski definition) is 0. The number of rotatable bonds is 4. The van der Waals surface area contributed by atoms with E-state index in [0.717, 1.165) is 17.3 Å². The molecule has 0 aliphatic rings. The third-order valence-electron chi connectivity index (χ3n) is 2.58. The number of quaternary nitrogens is 1. The molecule has 0 saturated carbocycles. The first kappa shape index (κ1) is 15.9. The summed E-state index contributed by atoms with van der Waals surface area (Å²) in [7, 11) is 4.51. The van der Waals surface area contributed by atoms with E-state index in [1.807, 2.05) is 13.8 Å². The summed E-state index contributed by atoms with van der Waals surface area (Å²) in [6.07, 6.45) is 0.917. The van der Waals surface area contributed by atoms with Gasteiger partial charge in [-0.25, -0.2) is 0 Å². The zero-order valence-electron chi connectivity index (χ0n) is 11.8. The van der Waals surface area contributed by atoms with Crippen molar-refractivity contribution in [2.24, 2.45) is 5.92 Å². The van der Waals surface area contributed by atoms with Gasteiger partial charge >= 0.3 is 0 Å². The number of aldehydes is 1. The second kappa shape index (κ2) is 8.02. The van der Waals surface area contributed by atoms with Crippen LogP contribution in [0.2, 0.25) is 0 Å². The van der Waals surface area contributed by atoms with Crippen molar-refractivity contribution in [1.29, 1.82) is 0 Å². The maximum atomic E-state index is 9.50. The topological polar surface area (TPSA) is 17.1 Å². The molecule has 1 aromatic rings. The SMILES string of the molecule is CC(C)C=O.CC[N+](C)(C)Cc1ccccc1. The van der Waals surface area contributed by atoms with Crippen molar-refractivity contribution >= 4 is 6.29 Å². The smallest absolute Gasteiger partial charge is 0.122 e. The molecule has 0 spiro atoms. The average molecular weight is 236 g/mol. The fourth-order valence-electron chi connectivity index (χ4n) is 1.19. The molecule has 0 aliphatic carbocycles. The lowest BCUT2D eigenvalue weighted by atomic mass is 10.2. The van der Waals surface area contributed by atoms with Crippen LogP contribution in [0.15, 0.2) is 30.3 Å². The fourth-order valence-corrected chi connectivity index (χ4v) is 1.19. The Labute approximate surface area is 106 Å². The van der Waals surface area contributed by atoms with Crippen LogP contribution in [0.1, 0.15) is 26.3 Å².